The van der Waals surface area contributed by atoms with Gasteiger partial charge in [0.25, 0.3) is 0 Å². The fourth-order valence-corrected chi connectivity index (χ4v) is 0.408. The highest BCUT2D eigenvalue weighted by Crippen LogP contribution is 1.85. The molecule has 0 heterocycles. The van der Waals surface area contributed by atoms with Crippen molar-refractivity contribution in [1.29, 1.82) is 0 Å². The lowest BCUT2D eigenvalue weighted by atomic mass is 11.6. The van der Waals surface area contributed by atoms with Gasteiger partial charge < -0.3 is 0 Å². The molecule has 0 rings (SSSR count). The van der Waals surface area contributed by atoms with E-state index in [1.165, 1.54) is 7.05 Å². The van der Waals surface area contributed by atoms with Crippen LogP contribution in [0.3, 0.4) is 0 Å². The molecule has 0 saturated heterocycles. The molecule has 0 fully saturated rings. The van der Waals surface area contributed by atoms with E-state index in [2.05, 4.69) is 8.47 Å². The second-order valence-electron chi connectivity index (χ2n) is 0.862. The lowest BCUT2D eigenvalue weighted by molar-refractivity contribution is 0.182. The Morgan fingerprint density at radius 1 is 1.50 bits per heavy atom. The van der Waals surface area contributed by atoms with Crippen LogP contribution in [0.15, 0.2) is 0 Å². The molecular weight excluding hydrogens is 134 g/mol. The van der Waals surface area contributed by atoms with E-state index in [-0.39, 0.29) is 0 Å². The molecule has 0 radical (unpaired) electrons. The molecule has 0 spiro atoms. The van der Waals surface area contributed by atoms with Gasteiger partial charge in [0.05, 0.1) is 7.11 Å². The Morgan fingerprint density at radius 2 is 2.00 bits per heavy atom. The minimum atomic E-state index is -3.78. The van der Waals surface area contributed by atoms with Gasteiger partial charge in [0, 0.05) is 7.05 Å². The lowest BCUT2D eigenvalue weighted by Gasteiger charge is -1.96. The summed E-state index contributed by atoms with van der Waals surface area (Å²) in [6.07, 6.45) is 0. The molecule has 0 saturated carbocycles. The Kier molecular flexibility index (Phi) is 2.91. The van der Waals surface area contributed by atoms with E-state index in [1.807, 2.05) is 5.48 Å². The van der Waals surface area contributed by atoms with Gasteiger partial charge in [-0.1, -0.05) is 0 Å². The summed E-state index contributed by atoms with van der Waals surface area (Å²) in [6.45, 7) is 0. The zero-order valence-corrected chi connectivity index (χ0v) is 5.36. The van der Waals surface area contributed by atoms with Crippen LogP contribution in [0, 0.1) is 0 Å². The normalized spacial score (nSPS) is 11.8. The van der Waals surface area contributed by atoms with Crippen molar-refractivity contribution in [2.45, 2.75) is 0 Å². The van der Waals surface area contributed by atoms with Crippen LogP contribution in [0.1, 0.15) is 0 Å². The topological polar surface area (TPSA) is 64.6 Å². The van der Waals surface area contributed by atoms with E-state index in [1.54, 1.807) is 0 Å². The number of hydroxylamine groups is 1. The predicted octanol–water partition coefficient (Wildman–Crippen LogP) is -0.971. The van der Waals surface area contributed by atoms with E-state index in [0.717, 1.165) is 7.11 Å². The maximum absolute atomic E-state index is 10.1. The molecule has 5 nitrogen and oxygen atoms in total. The Balaban J connectivity index is 3.76. The van der Waals surface area contributed by atoms with Crippen molar-refractivity contribution < 1.29 is 16.9 Å². The molecule has 6 heteroatoms. The second-order valence-corrected chi connectivity index (χ2v) is 2.18. The summed E-state index contributed by atoms with van der Waals surface area (Å²) in [7, 11) is -1.46. The fraction of sp³-hybridized carbons (Fsp3) is 1.00. The third-order valence-electron chi connectivity index (χ3n) is 0.390. The van der Waals surface area contributed by atoms with E-state index >= 15 is 0 Å². The summed E-state index contributed by atoms with van der Waals surface area (Å²) in [5.74, 6) is 0. The number of nitrogens with one attached hydrogen (secondary N) is 1. The Morgan fingerprint density at radius 3 is 2.12 bits per heavy atom. The van der Waals surface area contributed by atoms with Crippen molar-refractivity contribution in [2.75, 3.05) is 14.2 Å². The minimum Gasteiger partial charge on any atom is -0.250 e. The van der Waals surface area contributed by atoms with Gasteiger partial charge in [-0.25, -0.2) is 0 Å². The van der Waals surface area contributed by atoms with Gasteiger partial charge in [-0.3, -0.25) is 4.18 Å². The van der Waals surface area contributed by atoms with Crippen molar-refractivity contribution in [2.24, 2.45) is 0 Å². The molecule has 0 aromatic carbocycles. The highest BCUT2D eigenvalue weighted by atomic mass is 32.3. The number of hydrogen-bond donors (Lipinski definition) is 1. The number of rotatable bonds is 3. The van der Waals surface area contributed by atoms with Crippen LogP contribution < -0.4 is 5.48 Å². The maximum atomic E-state index is 10.1. The molecule has 0 aliphatic heterocycles. The zero-order chi connectivity index (χ0) is 6.62. The molecule has 0 aromatic rings. The standard InChI is InChI=1S/C2H7NO4S/c1-3-7-8(4,5)6-2/h3H,1-2H3. The molecular formula is C2H7NO4S. The third-order valence-corrected chi connectivity index (χ3v) is 1.17. The molecule has 0 atom stereocenters. The van der Waals surface area contributed by atoms with Crippen molar-refractivity contribution in [3.05, 3.63) is 0 Å². The first-order valence-electron chi connectivity index (χ1n) is 1.78. The Hall–Kier alpha value is -0.170. The second kappa shape index (κ2) is 2.98. The summed E-state index contributed by atoms with van der Waals surface area (Å²) in [6, 6.07) is 0. The van der Waals surface area contributed by atoms with E-state index in [9.17, 15) is 8.42 Å². The number of hydrogen-bond acceptors (Lipinski definition) is 5. The monoisotopic (exact) mass is 141 g/mol. The van der Waals surface area contributed by atoms with E-state index < -0.39 is 10.4 Å². The average molecular weight is 141 g/mol. The summed E-state index contributed by atoms with van der Waals surface area (Å²) in [4.78, 5) is 0. The quantitative estimate of drug-likeness (QED) is 0.512. The maximum Gasteiger partial charge on any atom is 0.415 e. The van der Waals surface area contributed by atoms with Crippen LogP contribution in [-0.4, -0.2) is 22.6 Å². The summed E-state index contributed by atoms with van der Waals surface area (Å²) >= 11 is 0. The molecule has 8 heavy (non-hydrogen) atoms. The molecule has 0 bridgehead atoms. The van der Waals surface area contributed by atoms with Crippen LogP contribution >= 0.6 is 0 Å². The molecule has 0 aromatic heterocycles. The molecule has 0 unspecified atom stereocenters. The van der Waals surface area contributed by atoms with Crippen LogP contribution in [0.4, 0.5) is 0 Å². The molecule has 1 N–H and O–H groups in total. The first-order valence-corrected chi connectivity index (χ1v) is 3.11. The van der Waals surface area contributed by atoms with Crippen molar-refractivity contribution >= 4 is 10.4 Å². The lowest BCUT2D eigenvalue weighted by Crippen LogP contribution is -2.16. The first kappa shape index (κ1) is 7.83. The third kappa shape index (κ3) is 2.92. The molecule has 50 valence electrons. The Labute approximate surface area is 47.9 Å². The first-order chi connectivity index (χ1) is 3.62. The van der Waals surface area contributed by atoms with E-state index in [4.69, 9.17) is 0 Å². The van der Waals surface area contributed by atoms with Crippen LogP contribution in [-0.2, 0) is 18.9 Å². The smallest absolute Gasteiger partial charge is 0.250 e. The van der Waals surface area contributed by atoms with Gasteiger partial charge in [0.1, 0.15) is 0 Å². The molecule has 0 amide bonds. The van der Waals surface area contributed by atoms with Gasteiger partial charge in [-0.15, -0.1) is 0 Å². The Bertz CT molecular complexity index is 138. The highest BCUT2D eigenvalue weighted by Gasteiger charge is 2.05. The summed E-state index contributed by atoms with van der Waals surface area (Å²) in [5, 5.41) is 0. The summed E-state index contributed by atoms with van der Waals surface area (Å²) < 4.78 is 27.9. The minimum absolute atomic E-state index is 1.01. The van der Waals surface area contributed by atoms with Crippen LogP contribution in [0.25, 0.3) is 0 Å². The van der Waals surface area contributed by atoms with E-state index in [0.29, 0.717) is 0 Å². The fourth-order valence-electron chi connectivity index (χ4n) is 0.136. The van der Waals surface area contributed by atoms with Crippen LogP contribution in [0.2, 0.25) is 0 Å². The predicted molar refractivity (Wildman–Crippen MR) is 26.1 cm³/mol. The zero-order valence-electron chi connectivity index (χ0n) is 4.54. The summed E-state index contributed by atoms with van der Waals surface area (Å²) in [5.41, 5.74) is 1.95. The van der Waals surface area contributed by atoms with Gasteiger partial charge in [0.15, 0.2) is 0 Å². The van der Waals surface area contributed by atoms with Gasteiger partial charge >= 0.3 is 10.4 Å². The molecule has 0 aliphatic rings. The average Bonchev–Trinajstić information content (AvgIpc) is 1.67. The van der Waals surface area contributed by atoms with Gasteiger partial charge in [-0.05, 0) is 0 Å². The SMILES string of the molecule is CNOS(=O)(=O)OC. The largest absolute Gasteiger partial charge is 0.415 e. The van der Waals surface area contributed by atoms with Crippen LogP contribution in [0.5, 0.6) is 0 Å². The van der Waals surface area contributed by atoms with Crippen molar-refractivity contribution in [3.8, 4) is 0 Å². The molecule has 0 aliphatic carbocycles. The van der Waals surface area contributed by atoms with Crippen molar-refractivity contribution in [3.63, 3.8) is 0 Å². The van der Waals surface area contributed by atoms with Crippen molar-refractivity contribution in [1.82, 2.24) is 5.48 Å². The van der Waals surface area contributed by atoms with Gasteiger partial charge in [-0.2, -0.15) is 18.2 Å². The van der Waals surface area contributed by atoms with Gasteiger partial charge in [0.2, 0.25) is 0 Å². The highest BCUT2D eigenvalue weighted by molar-refractivity contribution is 7.81.